The highest BCUT2D eigenvalue weighted by atomic mass is 16.3. The van der Waals surface area contributed by atoms with Gasteiger partial charge in [-0.1, -0.05) is 84.5 Å². The Labute approximate surface area is 198 Å². The van der Waals surface area contributed by atoms with Gasteiger partial charge < -0.3 is 10.2 Å². The topological polar surface area (TPSA) is 57.5 Å². The van der Waals surface area contributed by atoms with Crippen LogP contribution in [0.4, 0.5) is 0 Å². The molecule has 0 spiro atoms. The first-order valence-corrected chi connectivity index (χ1v) is 14.5. The van der Waals surface area contributed by atoms with E-state index in [1.54, 1.807) is 0 Å². The first-order valence-electron chi connectivity index (χ1n) is 14.5. The summed E-state index contributed by atoms with van der Waals surface area (Å²) in [6, 6.07) is 0. The summed E-state index contributed by atoms with van der Waals surface area (Å²) in [6.45, 7) is 4.48. The van der Waals surface area contributed by atoms with Crippen LogP contribution in [0.3, 0.4) is 0 Å². The van der Waals surface area contributed by atoms with Crippen LogP contribution in [0.15, 0.2) is 0 Å². The van der Waals surface area contributed by atoms with Crippen LogP contribution in [0.25, 0.3) is 0 Å². The molecule has 0 heterocycles. The highest BCUT2D eigenvalue weighted by Crippen LogP contribution is 2.63. The van der Waals surface area contributed by atoms with Gasteiger partial charge in [-0.15, -0.1) is 0 Å². The number of aliphatic hydroxyl groups is 2. The summed E-state index contributed by atoms with van der Waals surface area (Å²) in [6.07, 6.45) is 20.8. The molecule has 3 fully saturated rings. The van der Waals surface area contributed by atoms with E-state index in [1.807, 2.05) is 0 Å². The summed E-state index contributed by atoms with van der Waals surface area (Å²) in [4.78, 5) is 13.6. The van der Waals surface area contributed by atoms with Gasteiger partial charge >= 0.3 is 0 Å². The average Bonchev–Trinajstić information content (AvgIpc) is 2.82. The molecule has 3 heteroatoms. The number of Topliss-reactive ketones (excluding diaryl/α,β-unsaturated/α-hetero) is 1. The number of fused-ring (bicyclic) bond motifs is 1. The van der Waals surface area contributed by atoms with E-state index in [0.29, 0.717) is 17.6 Å². The Balaban J connectivity index is 1.66. The molecule has 2 N–H and O–H groups in total. The van der Waals surface area contributed by atoms with Gasteiger partial charge in [-0.05, 0) is 69.1 Å². The van der Waals surface area contributed by atoms with Gasteiger partial charge in [-0.2, -0.15) is 0 Å². The first-order chi connectivity index (χ1) is 15.5. The van der Waals surface area contributed by atoms with Gasteiger partial charge in [-0.25, -0.2) is 0 Å². The molecule has 3 aliphatic carbocycles. The Kier molecular flexibility index (Phi) is 10.6. The molecule has 186 valence electrons. The number of carbonyl (C=O) groups excluding carboxylic acids is 1. The summed E-state index contributed by atoms with van der Waals surface area (Å²) < 4.78 is 0. The molecule has 0 aliphatic heterocycles. The number of carbonyl (C=O) groups is 1. The van der Waals surface area contributed by atoms with Gasteiger partial charge in [0.2, 0.25) is 0 Å². The summed E-state index contributed by atoms with van der Waals surface area (Å²) >= 11 is 0. The lowest BCUT2D eigenvalue weighted by atomic mass is 9.41. The lowest BCUT2D eigenvalue weighted by Gasteiger charge is -2.61. The fourth-order valence-corrected chi connectivity index (χ4v) is 7.72. The Morgan fingerprint density at radius 3 is 2.28 bits per heavy atom. The number of ketones is 1. The molecule has 0 bridgehead atoms. The normalized spacial score (nSPS) is 34.2. The quantitative estimate of drug-likeness (QED) is 0.276. The number of unbranched alkanes of at least 4 members (excludes halogenated alkanes) is 6. The molecule has 3 aliphatic rings. The summed E-state index contributed by atoms with van der Waals surface area (Å²) in [5.41, 5.74) is -0.150. The van der Waals surface area contributed by atoms with Crippen LogP contribution in [0.1, 0.15) is 136 Å². The minimum absolute atomic E-state index is 0.150. The highest BCUT2D eigenvalue weighted by molar-refractivity contribution is 5.94. The molecule has 3 rings (SSSR count). The second kappa shape index (κ2) is 12.9. The molecular formula is C29H52O3. The van der Waals surface area contributed by atoms with E-state index in [1.165, 1.54) is 57.8 Å². The molecular weight excluding hydrogens is 396 g/mol. The van der Waals surface area contributed by atoms with Crippen LogP contribution in [-0.2, 0) is 4.79 Å². The third kappa shape index (κ3) is 5.98. The Morgan fingerprint density at radius 2 is 1.59 bits per heavy atom. The predicted molar refractivity (Wildman–Crippen MR) is 132 cm³/mol. The van der Waals surface area contributed by atoms with E-state index >= 15 is 0 Å². The molecule has 0 aromatic heterocycles. The van der Waals surface area contributed by atoms with Gasteiger partial charge in [-0.3, -0.25) is 4.79 Å². The van der Waals surface area contributed by atoms with Gasteiger partial charge in [0.25, 0.3) is 0 Å². The van der Waals surface area contributed by atoms with Crippen molar-refractivity contribution in [2.75, 3.05) is 0 Å². The van der Waals surface area contributed by atoms with E-state index in [9.17, 15) is 15.0 Å². The van der Waals surface area contributed by atoms with Gasteiger partial charge in [0, 0.05) is 11.3 Å². The van der Waals surface area contributed by atoms with Crippen molar-refractivity contribution in [2.24, 2.45) is 29.1 Å². The molecule has 0 aromatic rings. The lowest BCUT2D eigenvalue weighted by Crippen LogP contribution is -2.64. The molecule has 6 atom stereocenters. The van der Waals surface area contributed by atoms with Crippen LogP contribution in [0, 0.1) is 29.1 Å². The Morgan fingerprint density at radius 1 is 0.906 bits per heavy atom. The molecule has 0 radical (unpaired) electrons. The standard InChI is InChI=1S/C29H52O3/c1-3-5-7-12-16-24-27-23(17-18-25(30)22-14-10-9-11-15-22)26(31)19-21-29(27,28(24)32)20-13-8-6-4-2/h22-27,30-31H,3-21H2,1-2H3/t23-,24?,25+,26+,27-,29-/m0/s1. The van der Waals surface area contributed by atoms with Crippen molar-refractivity contribution in [3.8, 4) is 0 Å². The number of aliphatic hydroxyl groups excluding tert-OH is 2. The number of hydrogen-bond donors (Lipinski definition) is 2. The maximum absolute atomic E-state index is 13.6. The van der Waals surface area contributed by atoms with Crippen LogP contribution in [0.2, 0.25) is 0 Å². The first kappa shape index (κ1) is 26.2. The molecule has 3 nitrogen and oxygen atoms in total. The molecule has 0 saturated heterocycles. The predicted octanol–water partition coefficient (Wildman–Crippen LogP) is 7.22. The smallest absolute Gasteiger partial charge is 0.142 e. The zero-order chi connectivity index (χ0) is 23.0. The third-order valence-corrected chi connectivity index (χ3v) is 9.58. The monoisotopic (exact) mass is 448 g/mol. The summed E-state index contributed by atoms with van der Waals surface area (Å²) in [7, 11) is 0. The second-order valence-electron chi connectivity index (χ2n) is 11.6. The average molecular weight is 449 g/mol. The van der Waals surface area contributed by atoms with E-state index < -0.39 is 0 Å². The number of rotatable bonds is 14. The second-order valence-corrected chi connectivity index (χ2v) is 11.6. The number of hydrogen-bond acceptors (Lipinski definition) is 3. The van der Waals surface area contributed by atoms with Crippen LogP contribution in [0.5, 0.6) is 0 Å². The molecule has 0 aromatic carbocycles. The fourth-order valence-electron chi connectivity index (χ4n) is 7.72. The van der Waals surface area contributed by atoms with E-state index in [-0.39, 0.29) is 29.5 Å². The van der Waals surface area contributed by atoms with Crippen molar-refractivity contribution in [2.45, 2.75) is 148 Å². The zero-order valence-corrected chi connectivity index (χ0v) is 21.2. The Hall–Kier alpha value is -0.410. The highest BCUT2D eigenvalue weighted by Gasteiger charge is 2.65. The molecule has 32 heavy (non-hydrogen) atoms. The van der Waals surface area contributed by atoms with Gasteiger partial charge in [0.1, 0.15) is 5.78 Å². The minimum atomic E-state index is -0.284. The third-order valence-electron chi connectivity index (χ3n) is 9.58. The van der Waals surface area contributed by atoms with Gasteiger partial charge in [0.15, 0.2) is 0 Å². The summed E-state index contributed by atoms with van der Waals surface area (Å²) in [5.74, 6) is 1.74. The van der Waals surface area contributed by atoms with E-state index in [4.69, 9.17) is 0 Å². The Bertz CT molecular complexity index is 555. The van der Waals surface area contributed by atoms with E-state index in [2.05, 4.69) is 13.8 Å². The molecule has 0 amide bonds. The van der Waals surface area contributed by atoms with Crippen molar-refractivity contribution in [1.82, 2.24) is 0 Å². The van der Waals surface area contributed by atoms with Crippen molar-refractivity contribution in [1.29, 1.82) is 0 Å². The maximum atomic E-state index is 13.6. The van der Waals surface area contributed by atoms with Crippen molar-refractivity contribution >= 4 is 5.78 Å². The lowest BCUT2D eigenvalue weighted by molar-refractivity contribution is -0.184. The van der Waals surface area contributed by atoms with Crippen LogP contribution >= 0.6 is 0 Å². The van der Waals surface area contributed by atoms with Crippen molar-refractivity contribution < 1.29 is 15.0 Å². The van der Waals surface area contributed by atoms with E-state index in [0.717, 1.165) is 64.2 Å². The maximum Gasteiger partial charge on any atom is 0.142 e. The minimum Gasteiger partial charge on any atom is -0.393 e. The van der Waals surface area contributed by atoms with Crippen LogP contribution in [-0.4, -0.2) is 28.2 Å². The van der Waals surface area contributed by atoms with Gasteiger partial charge in [0.05, 0.1) is 12.2 Å². The SMILES string of the molecule is CCCCCCC1C(=O)[C@@]2(CCCCCC)CC[C@@H](O)[C@H](CC[C@@H](O)C3CCCCC3)[C@@H]12. The largest absolute Gasteiger partial charge is 0.393 e. The van der Waals surface area contributed by atoms with Crippen LogP contribution < -0.4 is 0 Å². The summed E-state index contributed by atoms with van der Waals surface area (Å²) in [5, 5.41) is 22.0. The zero-order valence-electron chi connectivity index (χ0n) is 21.2. The fraction of sp³-hybridized carbons (Fsp3) is 0.966. The van der Waals surface area contributed by atoms with Crippen molar-refractivity contribution in [3.05, 3.63) is 0 Å². The molecule has 3 saturated carbocycles. The molecule has 1 unspecified atom stereocenters. The van der Waals surface area contributed by atoms with Crippen molar-refractivity contribution in [3.63, 3.8) is 0 Å².